The molecule has 0 aliphatic carbocycles. The lowest BCUT2D eigenvalue weighted by molar-refractivity contribution is -0.135. The van der Waals surface area contributed by atoms with E-state index in [1.54, 1.807) is 21.1 Å². The molecule has 0 bridgehead atoms. The van der Waals surface area contributed by atoms with Crippen molar-refractivity contribution in [3.8, 4) is 0 Å². The molecule has 0 spiro atoms. The minimum atomic E-state index is -0.697. The van der Waals surface area contributed by atoms with E-state index in [2.05, 4.69) is 39.8 Å². The maximum Gasteiger partial charge on any atom is 0.410 e. The highest BCUT2D eigenvalue weighted by Crippen LogP contribution is 2.32. The van der Waals surface area contributed by atoms with Crippen LogP contribution in [0.4, 0.5) is 16.2 Å². The van der Waals surface area contributed by atoms with Gasteiger partial charge in [-0.15, -0.1) is 0 Å². The Kier molecular flexibility index (Phi) is 8.82. The van der Waals surface area contributed by atoms with Crippen molar-refractivity contribution < 1.29 is 23.9 Å². The van der Waals surface area contributed by atoms with Crippen LogP contribution in [-0.2, 0) is 26.1 Å². The molecule has 0 saturated carbocycles. The lowest BCUT2D eigenvalue weighted by Gasteiger charge is -2.34. The Morgan fingerprint density at radius 3 is 2.46 bits per heavy atom. The standard InChI is InChI=1S/C34H44N6O6/c1-34(2,3)46-33(44)39-18-19-45-28(21-39)23-8-10-24(11-9-23)35-20-22-14-16-38(17-15-22)25-6-5-7-26-30(25)37(4)32(43)40(26)27-12-13-29(41)36-31(27)42/h5-11,22,27-28,35H,12-21H2,1-4H3,(H,36,41,42). The Bertz CT molecular complexity index is 1660. The quantitative estimate of drug-likeness (QED) is 0.391. The zero-order chi connectivity index (χ0) is 32.6. The van der Waals surface area contributed by atoms with Gasteiger partial charge in [0.1, 0.15) is 17.7 Å². The van der Waals surface area contributed by atoms with Gasteiger partial charge in [-0.25, -0.2) is 9.59 Å². The fraction of sp³-hybridized carbons (Fsp3) is 0.529. The predicted octanol–water partition coefficient (Wildman–Crippen LogP) is 3.95. The molecule has 12 nitrogen and oxygen atoms in total. The number of anilines is 2. The first kappa shape index (κ1) is 31.7. The lowest BCUT2D eigenvalue weighted by Crippen LogP contribution is -2.44. The van der Waals surface area contributed by atoms with E-state index in [9.17, 15) is 19.2 Å². The molecular formula is C34H44N6O6. The number of hydrogen-bond donors (Lipinski definition) is 2. The second-order valence-electron chi connectivity index (χ2n) is 13.5. The van der Waals surface area contributed by atoms with Gasteiger partial charge in [0, 0.05) is 45.3 Å². The van der Waals surface area contributed by atoms with E-state index in [1.165, 1.54) is 0 Å². The van der Waals surface area contributed by atoms with Crippen LogP contribution in [0.15, 0.2) is 47.3 Å². The monoisotopic (exact) mass is 632 g/mol. The van der Waals surface area contributed by atoms with E-state index in [4.69, 9.17) is 9.47 Å². The molecule has 2 aromatic carbocycles. The molecule has 3 saturated heterocycles. The van der Waals surface area contributed by atoms with E-state index >= 15 is 0 Å². The average molecular weight is 633 g/mol. The molecule has 6 rings (SSSR count). The number of ether oxygens (including phenoxy) is 2. The highest BCUT2D eigenvalue weighted by atomic mass is 16.6. The van der Waals surface area contributed by atoms with Crippen LogP contribution in [-0.4, -0.2) is 76.9 Å². The number of para-hydroxylation sites is 1. The number of imide groups is 1. The number of imidazole rings is 1. The summed E-state index contributed by atoms with van der Waals surface area (Å²) in [7, 11) is 1.75. The summed E-state index contributed by atoms with van der Waals surface area (Å²) in [6.07, 6.45) is 2.03. The van der Waals surface area contributed by atoms with Gasteiger partial charge in [-0.2, -0.15) is 0 Å². The van der Waals surface area contributed by atoms with E-state index in [1.807, 2.05) is 39.0 Å². The van der Waals surface area contributed by atoms with Gasteiger partial charge in [0.2, 0.25) is 11.8 Å². The number of aromatic nitrogens is 2. The number of carbonyl (C=O) groups is 3. The third-order valence-corrected chi connectivity index (χ3v) is 9.15. The highest BCUT2D eigenvalue weighted by Gasteiger charge is 2.33. The summed E-state index contributed by atoms with van der Waals surface area (Å²) < 4.78 is 14.7. The first-order valence-electron chi connectivity index (χ1n) is 16.2. The van der Waals surface area contributed by atoms with Crippen LogP contribution in [0.25, 0.3) is 11.0 Å². The molecule has 3 aliphatic heterocycles. The number of fused-ring (bicyclic) bond motifs is 1. The summed E-state index contributed by atoms with van der Waals surface area (Å²) in [6, 6.07) is 13.4. The minimum Gasteiger partial charge on any atom is -0.444 e. The predicted molar refractivity (Wildman–Crippen MR) is 175 cm³/mol. The molecule has 3 aliphatic rings. The number of amides is 3. The smallest absolute Gasteiger partial charge is 0.410 e. The first-order valence-corrected chi connectivity index (χ1v) is 16.2. The second kappa shape index (κ2) is 12.8. The average Bonchev–Trinajstić information content (AvgIpc) is 3.29. The van der Waals surface area contributed by atoms with Crippen molar-refractivity contribution in [2.75, 3.05) is 49.5 Å². The van der Waals surface area contributed by atoms with E-state index in [0.717, 1.165) is 54.9 Å². The largest absolute Gasteiger partial charge is 0.444 e. The van der Waals surface area contributed by atoms with Gasteiger partial charge in [-0.3, -0.25) is 24.0 Å². The van der Waals surface area contributed by atoms with Crippen molar-refractivity contribution in [3.05, 3.63) is 58.5 Å². The molecule has 0 radical (unpaired) electrons. The summed E-state index contributed by atoms with van der Waals surface area (Å²) in [5, 5.41) is 5.97. The van der Waals surface area contributed by atoms with Crippen LogP contribution < -0.4 is 21.2 Å². The molecule has 1 aromatic heterocycles. The van der Waals surface area contributed by atoms with Crippen molar-refractivity contribution in [2.24, 2.45) is 13.0 Å². The molecule has 2 N–H and O–H groups in total. The number of aryl methyl sites for hydroxylation is 1. The second-order valence-corrected chi connectivity index (χ2v) is 13.5. The number of nitrogens with one attached hydrogen (secondary N) is 2. The Labute approximate surface area is 268 Å². The fourth-order valence-corrected chi connectivity index (χ4v) is 6.70. The van der Waals surface area contributed by atoms with Gasteiger partial charge in [0.15, 0.2) is 0 Å². The molecule has 46 heavy (non-hydrogen) atoms. The molecule has 3 fully saturated rings. The highest BCUT2D eigenvalue weighted by molar-refractivity contribution is 6.00. The van der Waals surface area contributed by atoms with Crippen molar-refractivity contribution in [3.63, 3.8) is 0 Å². The molecule has 12 heteroatoms. The zero-order valence-corrected chi connectivity index (χ0v) is 27.1. The Morgan fingerprint density at radius 2 is 1.76 bits per heavy atom. The summed E-state index contributed by atoms with van der Waals surface area (Å²) >= 11 is 0. The molecular weight excluding hydrogens is 588 g/mol. The lowest BCUT2D eigenvalue weighted by atomic mass is 9.96. The first-order chi connectivity index (χ1) is 22.0. The van der Waals surface area contributed by atoms with Gasteiger partial charge >= 0.3 is 11.8 Å². The van der Waals surface area contributed by atoms with Gasteiger partial charge in [-0.1, -0.05) is 18.2 Å². The Balaban J connectivity index is 1.04. The topological polar surface area (TPSA) is 127 Å². The number of hydrogen-bond acceptors (Lipinski definition) is 8. The number of nitrogens with zero attached hydrogens (tertiary/aromatic N) is 4. The van der Waals surface area contributed by atoms with E-state index < -0.39 is 17.6 Å². The Morgan fingerprint density at radius 1 is 1.02 bits per heavy atom. The van der Waals surface area contributed by atoms with Crippen molar-refractivity contribution in [1.82, 2.24) is 19.4 Å². The van der Waals surface area contributed by atoms with Gasteiger partial charge in [-0.05, 0) is 75.8 Å². The summed E-state index contributed by atoms with van der Waals surface area (Å²) in [6.45, 7) is 9.63. The van der Waals surface area contributed by atoms with Crippen molar-refractivity contribution in [1.29, 1.82) is 0 Å². The number of morpholine rings is 1. The van der Waals surface area contributed by atoms with Gasteiger partial charge < -0.3 is 24.6 Å². The third kappa shape index (κ3) is 6.62. The van der Waals surface area contributed by atoms with Crippen molar-refractivity contribution in [2.45, 2.75) is 64.2 Å². The van der Waals surface area contributed by atoms with E-state index in [0.29, 0.717) is 37.6 Å². The molecule has 3 amide bonds. The number of benzene rings is 2. The molecule has 3 aromatic rings. The SMILES string of the molecule is Cn1c(=O)n(C2CCC(=O)NC2=O)c2cccc(N3CCC(CNc4ccc(C5CN(C(=O)OC(C)(C)C)CCO5)cc4)CC3)c21. The zero-order valence-electron chi connectivity index (χ0n) is 27.1. The van der Waals surface area contributed by atoms with Crippen molar-refractivity contribution >= 4 is 40.3 Å². The van der Waals surface area contributed by atoms with Crippen LogP contribution in [0.2, 0.25) is 0 Å². The van der Waals surface area contributed by atoms with Crippen LogP contribution in [0.5, 0.6) is 0 Å². The normalized spacial score (nSPS) is 21.4. The molecule has 4 heterocycles. The Hall–Kier alpha value is -4.32. The number of carbonyl (C=O) groups excluding carboxylic acids is 3. The van der Waals surface area contributed by atoms with E-state index in [-0.39, 0.29) is 30.2 Å². The minimum absolute atomic E-state index is 0.190. The number of piperidine rings is 2. The molecule has 2 atom stereocenters. The fourth-order valence-electron chi connectivity index (χ4n) is 6.70. The third-order valence-electron chi connectivity index (χ3n) is 9.15. The van der Waals surface area contributed by atoms with Crippen LogP contribution in [0.3, 0.4) is 0 Å². The molecule has 2 unspecified atom stereocenters. The summed E-state index contributed by atoms with van der Waals surface area (Å²) in [4.78, 5) is 54.2. The van der Waals surface area contributed by atoms with Crippen LogP contribution in [0.1, 0.15) is 64.2 Å². The van der Waals surface area contributed by atoms with Gasteiger partial charge in [0.25, 0.3) is 0 Å². The maximum absolute atomic E-state index is 13.3. The summed E-state index contributed by atoms with van der Waals surface area (Å²) in [5.41, 5.74) is 3.79. The van der Waals surface area contributed by atoms with Crippen LogP contribution in [0, 0.1) is 5.92 Å². The van der Waals surface area contributed by atoms with Gasteiger partial charge in [0.05, 0.1) is 29.9 Å². The maximum atomic E-state index is 13.3. The number of rotatable bonds is 6. The molecule has 246 valence electrons. The summed E-state index contributed by atoms with van der Waals surface area (Å²) in [5.74, 6) is -0.228. The van der Waals surface area contributed by atoms with Crippen LogP contribution >= 0.6 is 0 Å².